The Labute approximate surface area is 505 Å². The van der Waals surface area contributed by atoms with Crippen LogP contribution in [0.15, 0.2) is 158 Å². The van der Waals surface area contributed by atoms with Crippen molar-refractivity contribution in [2.75, 3.05) is 13.2 Å². The minimum atomic E-state index is -0.819. The van der Waals surface area contributed by atoms with Crippen molar-refractivity contribution < 1.29 is 28.6 Å². The van der Waals surface area contributed by atoms with E-state index in [4.69, 9.17) is 14.2 Å². The van der Waals surface area contributed by atoms with Crippen molar-refractivity contribution in [3.63, 3.8) is 0 Å². The van der Waals surface area contributed by atoms with E-state index in [1.54, 1.807) is 0 Å². The number of hydrogen-bond acceptors (Lipinski definition) is 6. The van der Waals surface area contributed by atoms with E-state index >= 15 is 0 Å². The molecule has 0 aliphatic rings. The maximum atomic E-state index is 12.9. The third-order valence-corrected chi connectivity index (χ3v) is 13.7. The summed E-state index contributed by atoms with van der Waals surface area (Å²) in [5.74, 6) is -0.990. The number of carbonyl (C=O) groups excluding carboxylic acids is 3. The van der Waals surface area contributed by atoms with Crippen molar-refractivity contribution in [1.29, 1.82) is 0 Å². The first-order chi connectivity index (χ1) is 40.5. The Morgan fingerprint density at radius 1 is 0.256 bits per heavy atom. The van der Waals surface area contributed by atoms with E-state index in [1.165, 1.54) is 103 Å². The molecule has 0 amide bonds. The quantitative estimate of drug-likeness (QED) is 0.0261. The van der Waals surface area contributed by atoms with Crippen LogP contribution in [-0.2, 0) is 28.6 Å². The standard InChI is InChI=1S/C76H122O6/c1-4-7-10-13-16-19-22-25-28-30-32-34-35-36-37-38-39-40-41-43-44-46-48-51-54-57-60-63-66-69-75(78)81-72-73(71-80-74(77)68-65-62-59-56-53-50-27-24-21-18-15-12-9-6-3)82-76(79)70-67-64-61-58-55-52-49-47-45-42-33-31-29-26-23-20-17-14-11-8-5-2/h7,10,15-16,18-19,23-28,31-34,36-37,39-40,43-44,48,51,57,60,73H,4-6,8-9,11-14,17,20-22,29-30,35,38,41-42,45-47,49-50,52-56,58-59,61-72H2,1-3H3/b10-7-,18-15-,19-16-,26-23-,27-24-,28-25-,33-31-,34-32-,37-36-,40-39-,44-43-,51-48-,60-57-. The minimum Gasteiger partial charge on any atom is -0.462 e. The van der Waals surface area contributed by atoms with E-state index in [0.29, 0.717) is 19.3 Å². The molecule has 0 rings (SSSR count). The fraction of sp³-hybridized carbons (Fsp3) is 0.618. The molecule has 462 valence electrons. The zero-order valence-corrected chi connectivity index (χ0v) is 52.9. The lowest BCUT2D eigenvalue weighted by Crippen LogP contribution is -2.30. The van der Waals surface area contributed by atoms with E-state index in [-0.39, 0.29) is 37.5 Å². The lowest BCUT2D eigenvalue weighted by Gasteiger charge is -2.18. The lowest BCUT2D eigenvalue weighted by molar-refractivity contribution is -0.167. The maximum Gasteiger partial charge on any atom is 0.306 e. The molecule has 0 radical (unpaired) electrons. The monoisotopic (exact) mass is 1130 g/mol. The number of carbonyl (C=O) groups is 3. The van der Waals surface area contributed by atoms with Gasteiger partial charge in [0.25, 0.3) is 0 Å². The first-order valence-electron chi connectivity index (χ1n) is 33.5. The maximum absolute atomic E-state index is 12.9. The Bertz CT molecular complexity index is 1830. The van der Waals surface area contributed by atoms with Crippen molar-refractivity contribution in [3.05, 3.63) is 158 Å². The van der Waals surface area contributed by atoms with Crippen LogP contribution in [-0.4, -0.2) is 37.2 Å². The van der Waals surface area contributed by atoms with Gasteiger partial charge >= 0.3 is 17.9 Å². The molecule has 6 nitrogen and oxygen atoms in total. The molecular weight excluding hydrogens is 1010 g/mol. The predicted octanol–water partition coefficient (Wildman–Crippen LogP) is 23.3. The van der Waals surface area contributed by atoms with Crippen LogP contribution in [0.2, 0.25) is 0 Å². The Balaban J connectivity index is 4.48. The first-order valence-corrected chi connectivity index (χ1v) is 33.5. The van der Waals surface area contributed by atoms with Crippen LogP contribution in [0, 0.1) is 0 Å². The molecule has 6 heteroatoms. The molecule has 0 aliphatic heterocycles. The van der Waals surface area contributed by atoms with E-state index < -0.39 is 6.10 Å². The van der Waals surface area contributed by atoms with Gasteiger partial charge in [0.2, 0.25) is 0 Å². The van der Waals surface area contributed by atoms with Gasteiger partial charge in [-0.05, 0) is 141 Å². The van der Waals surface area contributed by atoms with Gasteiger partial charge < -0.3 is 14.2 Å². The fourth-order valence-corrected chi connectivity index (χ4v) is 8.73. The Hall–Kier alpha value is -4.97. The molecule has 1 unspecified atom stereocenters. The zero-order valence-electron chi connectivity index (χ0n) is 52.9. The summed E-state index contributed by atoms with van der Waals surface area (Å²) < 4.78 is 16.9. The minimum absolute atomic E-state index is 0.111. The summed E-state index contributed by atoms with van der Waals surface area (Å²) in [7, 11) is 0. The van der Waals surface area contributed by atoms with E-state index in [1.807, 2.05) is 0 Å². The van der Waals surface area contributed by atoms with Gasteiger partial charge in [0.1, 0.15) is 13.2 Å². The van der Waals surface area contributed by atoms with Crippen LogP contribution < -0.4 is 0 Å². The predicted molar refractivity (Wildman–Crippen MR) is 357 cm³/mol. The molecule has 82 heavy (non-hydrogen) atoms. The molecule has 0 saturated heterocycles. The number of ether oxygens (including phenoxy) is 3. The normalized spacial score (nSPS) is 13.2. The summed E-state index contributed by atoms with van der Waals surface area (Å²) in [4.78, 5) is 38.3. The van der Waals surface area contributed by atoms with E-state index in [9.17, 15) is 14.4 Å². The van der Waals surface area contributed by atoms with Crippen molar-refractivity contribution in [2.45, 2.75) is 290 Å². The molecule has 0 fully saturated rings. The number of unbranched alkanes of at least 4 members (excludes halogenated alkanes) is 22. The summed E-state index contributed by atoms with van der Waals surface area (Å²) in [6, 6.07) is 0. The topological polar surface area (TPSA) is 78.9 Å². The van der Waals surface area contributed by atoms with Crippen LogP contribution in [0.1, 0.15) is 284 Å². The second-order valence-electron chi connectivity index (χ2n) is 21.6. The van der Waals surface area contributed by atoms with Crippen LogP contribution >= 0.6 is 0 Å². The second kappa shape index (κ2) is 68.5. The number of hydrogen-bond donors (Lipinski definition) is 0. The zero-order chi connectivity index (χ0) is 59.2. The molecule has 0 spiro atoms. The fourth-order valence-electron chi connectivity index (χ4n) is 8.73. The largest absolute Gasteiger partial charge is 0.462 e. The molecule has 0 N–H and O–H groups in total. The highest BCUT2D eigenvalue weighted by molar-refractivity contribution is 5.71. The van der Waals surface area contributed by atoms with Gasteiger partial charge in [0.05, 0.1) is 0 Å². The lowest BCUT2D eigenvalue weighted by atomic mass is 10.1. The van der Waals surface area contributed by atoms with Gasteiger partial charge in [0.15, 0.2) is 6.10 Å². The van der Waals surface area contributed by atoms with Gasteiger partial charge in [-0.2, -0.15) is 0 Å². The molecule has 0 aliphatic carbocycles. The van der Waals surface area contributed by atoms with Gasteiger partial charge in [0, 0.05) is 19.3 Å². The van der Waals surface area contributed by atoms with Gasteiger partial charge in [-0.1, -0.05) is 281 Å². The molecule has 0 heterocycles. The highest BCUT2D eigenvalue weighted by Crippen LogP contribution is 2.15. The first kappa shape index (κ1) is 77.0. The van der Waals surface area contributed by atoms with E-state index in [0.717, 1.165) is 135 Å². The van der Waals surface area contributed by atoms with Crippen molar-refractivity contribution in [2.24, 2.45) is 0 Å². The molecule has 1 atom stereocenters. The SMILES string of the molecule is CC/C=C\C/C=C\C/C=C\C/C=C\C/C=C\C/C=C\C/C=C\C/C=C\C/C=C\CCCC(=O)OCC(COC(=O)CCCCCCC/C=C\C/C=C\CCCC)OC(=O)CCCCCCCCCCC/C=C\C/C=C\CCCCCCC. The molecule has 0 saturated carbocycles. The summed E-state index contributed by atoms with van der Waals surface area (Å²) in [5, 5.41) is 0. The number of allylic oxidation sites excluding steroid dienone is 26. The Kier molecular flexibility index (Phi) is 64.4. The summed E-state index contributed by atoms with van der Waals surface area (Å²) in [5.41, 5.74) is 0. The highest BCUT2D eigenvalue weighted by atomic mass is 16.6. The van der Waals surface area contributed by atoms with Crippen LogP contribution in [0.3, 0.4) is 0 Å². The van der Waals surface area contributed by atoms with Crippen LogP contribution in [0.4, 0.5) is 0 Å². The number of rotatable bonds is 59. The molecule has 0 aromatic carbocycles. The van der Waals surface area contributed by atoms with Gasteiger partial charge in [-0.3, -0.25) is 14.4 Å². The van der Waals surface area contributed by atoms with Crippen molar-refractivity contribution in [3.8, 4) is 0 Å². The molecular formula is C76H122O6. The molecule has 0 aromatic rings. The molecule has 0 aromatic heterocycles. The summed E-state index contributed by atoms with van der Waals surface area (Å²) in [6.45, 7) is 6.42. The average Bonchev–Trinajstić information content (AvgIpc) is 3.47. The second-order valence-corrected chi connectivity index (χ2v) is 21.6. The summed E-state index contributed by atoms with van der Waals surface area (Å²) in [6.07, 6.45) is 99.7. The highest BCUT2D eigenvalue weighted by Gasteiger charge is 2.19. The Morgan fingerprint density at radius 2 is 0.500 bits per heavy atom. The average molecular weight is 1130 g/mol. The van der Waals surface area contributed by atoms with Gasteiger partial charge in [-0.15, -0.1) is 0 Å². The third kappa shape index (κ3) is 65.8. The smallest absolute Gasteiger partial charge is 0.306 e. The molecule has 0 bridgehead atoms. The van der Waals surface area contributed by atoms with E-state index in [2.05, 4.69) is 179 Å². The van der Waals surface area contributed by atoms with Crippen molar-refractivity contribution in [1.82, 2.24) is 0 Å². The van der Waals surface area contributed by atoms with Gasteiger partial charge in [-0.25, -0.2) is 0 Å². The third-order valence-electron chi connectivity index (χ3n) is 13.7. The summed E-state index contributed by atoms with van der Waals surface area (Å²) >= 11 is 0. The van der Waals surface area contributed by atoms with Crippen LogP contribution in [0.25, 0.3) is 0 Å². The van der Waals surface area contributed by atoms with Crippen LogP contribution in [0.5, 0.6) is 0 Å². The number of esters is 3. The van der Waals surface area contributed by atoms with Crippen molar-refractivity contribution >= 4 is 17.9 Å². The Morgan fingerprint density at radius 3 is 0.829 bits per heavy atom.